The second kappa shape index (κ2) is 6.21. The Kier molecular flexibility index (Phi) is 4.24. The maximum absolute atomic E-state index is 12.5. The highest BCUT2D eigenvalue weighted by Gasteiger charge is 2.17. The third kappa shape index (κ3) is 2.63. The molecule has 0 aliphatic carbocycles. The number of halogens is 1. The van der Waals surface area contributed by atoms with Crippen molar-refractivity contribution in [1.82, 2.24) is 0 Å². The van der Waals surface area contributed by atoms with Crippen molar-refractivity contribution < 1.29 is 14.3 Å². The molecule has 0 amide bonds. The maximum atomic E-state index is 12.5. The first kappa shape index (κ1) is 16.4. The van der Waals surface area contributed by atoms with Crippen molar-refractivity contribution in [3.63, 3.8) is 0 Å². The summed E-state index contributed by atoms with van der Waals surface area (Å²) in [5.41, 5.74) is 3.34. The molecule has 24 heavy (non-hydrogen) atoms. The number of aromatic hydroxyl groups is 1. The number of hydrogen-bond acceptors (Lipinski definition) is 4. The van der Waals surface area contributed by atoms with Crippen LogP contribution in [0.5, 0.6) is 11.5 Å². The lowest BCUT2D eigenvalue weighted by molar-refractivity contribution is 0.411. The largest absolute Gasteiger partial charge is 0.502 e. The molecule has 0 saturated carbocycles. The van der Waals surface area contributed by atoms with Gasteiger partial charge in [-0.2, -0.15) is 0 Å². The number of benzene rings is 2. The average Bonchev–Trinajstić information content (AvgIpc) is 2.59. The quantitative estimate of drug-likeness (QED) is 0.709. The molecule has 0 atom stereocenters. The van der Waals surface area contributed by atoms with Crippen LogP contribution < -0.4 is 10.2 Å². The van der Waals surface area contributed by atoms with Crippen molar-refractivity contribution in [2.45, 2.75) is 19.7 Å². The lowest BCUT2D eigenvalue weighted by Gasteiger charge is -2.11. The van der Waals surface area contributed by atoms with E-state index in [0.29, 0.717) is 28.2 Å². The monoisotopic (exact) mass is 344 g/mol. The third-order valence-electron chi connectivity index (χ3n) is 4.18. The summed E-state index contributed by atoms with van der Waals surface area (Å²) in [6, 6.07) is 8.76. The lowest BCUT2D eigenvalue weighted by Crippen LogP contribution is -2.03. The van der Waals surface area contributed by atoms with Gasteiger partial charge in [-0.3, -0.25) is 4.79 Å². The van der Waals surface area contributed by atoms with Gasteiger partial charge in [0.25, 0.3) is 0 Å². The number of fused-ring (bicyclic) bond motifs is 1. The van der Waals surface area contributed by atoms with E-state index in [0.717, 1.165) is 16.7 Å². The minimum Gasteiger partial charge on any atom is -0.502 e. The Morgan fingerprint density at radius 2 is 1.88 bits per heavy atom. The van der Waals surface area contributed by atoms with Gasteiger partial charge in [-0.15, -0.1) is 11.6 Å². The van der Waals surface area contributed by atoms with Gasteiger partial charge in [-0.05, 0) is 43.2 Å². The van der Waals surface area contributed by atoms with Crippen molar-refractivity contribution in [3.8, 4) is 22.8 Å². The van der Waals surface area contributed by atoms with E-state index >= 15 is 0 Å². The lowest BCUT2D eigenvalue weighted by atomic mass is 10.0. The van der Waals surface area contributed by atoms with Crippen LogP contribution in [-0.4, -0.2) is 12.2 Å². The van der Waals surface area contributed by atoms with Gasteiger partial charge in [0, 0.05) is 11.1 Å². The minimum atomic E-state index is -0.449. The first-order chi connectivity index (χ1) is 11.5. The Morgan fingerprint density at radius 1 is 1.17 bits per heavy atom. The fourth-order valence-electron chi connectivity index (χ4n) is 2.63. The molecular formula is C19H17ClO4. The van der Waals surface area contributed by atoms with E-state index in [9.17, 15) is 9.90 Å². The Hall–Kier alpha value is -2.46. The van der Waals surface area contributed by atoms with Crippen molar-refractivity contribution in [2.75, 3.05) is 7.11 Å². The average molecular weight is 345 g/mol. The molecule has 0 radical (unpaired) electrons. The summed E-state index contributed by atoms with van der Waals surface area (Å²) < 4.78 is 11.1. The molecule has 0 spiro atoms. The van der Waals surface area contributed by atoms with E-state index in [1.54, 1.807) is 30.3 Å². The van der Waals surface area contributed by atoms with E-state index in [4.69, 9.17) is 20.8 Å². The molecule has 0 bridgehead atoms. The fraction of sp³-hybridized carbons (Fsp3) is 0.211. The third-order valence-corrected chi connectivity index (χ3v) is 4.46. The molecule has 0 aliphatic rings. The van der Waals surface area contributed by atoms with Crippen LogP contribution in [0.25, 0.3) is 22.3 Å². The number of hydrogen-bond donors (Lipinski definition) is 1. The van der Waals surface area contributed by atoms with E-state index < -0.39 is 11.2 Å². The Labute approximate surface area is 144 Å². The molecule has 0 saturated heterocycles. The molecule has 124 valence electrons. The van der Waals surface area contributed by atoms with Gasteiger partial charge in [0.2, 0.25) is 11.2 Å². The summed E-state index contributed by atoms with van der Waals surface area (Å²) in [6.07, 6.45) is 0. The number of aryl methyl sites for hydroxylation is 2. The predicted molar refractivity (Wildman–Crippen MR) is 95.2 cm³/mol. The first-order valence-corrected chi connectivity index (χ1v) is 8.00. The van der Waals surface area contributed by atoms with Gasteiger partial charge < -0.3 is 14.3 Å². The smallest absolute Gasteiger partial charge is 0.235 e. The van der Waals surface area contributed by atoms with Crippen molar-refractivity contribution in [3.05, 3.63) is 57.2 Å². The topological polar surface area (TPSA) is 59.7 Å². The summed E-state index contributed by atoms with van der Waals surface area (Å²) in [4.78, 5) is 12.5. The molecule has 4 nitrogen and oxygen atoms in total. The number of alkyl halides is 1. The van der Waals surface area contributed by atoms with Gasteiger partial charge >= 0.3 is 0 Å². The standard InChI is InChI=1S/C19H17ClO4/c1-10-6-14-16(7-11(10)2)24-19(18(22)17(14)21)12-4-5-13(9-20)15(8-12)23-3/h4-8,22H,9H2,1-3H3. The first-order valence-electron chi connectivity index (χ1n) is 7.46. The van der Waals surface area contributed by atoms with Crippen LogP contribution in [-0.2, 0) is 5.88 Å². The molecule has 1 N–H and O–H groups in total. The molecule has 0 unspecified atom stereocenters. The molecule has 2 aromatic carbocycles. The minimum absolute atomic E-state index is 0.121. The molecular weight excluding hydrogens is 328 g/mol. The summed E-state index contributed by atoms with van der Waals surface area (Å²) in [6.45, 7) is 3.86. The van der Waals surface area contributed by atoms with E-state index in [-0.39, 0.29) is 5.76 Å². The predicted octanol–water partition coefficient (Wildman–Crippen LogP) is 4.53. The van der Waals surface area contributed by atoms with Crippen LogP contribution >= 0.6 is 11.6 Å². The Balaban J connectivity index is 2.29. The zero-order valence-corrected chi connectivity index (χ0v) is 14.4. The molecule has 5 heteroatoms. The highest BCUT2D eigenvalue weighted by molar-refractivity contribution is 6.17. The van der Waals surface area contributed by atoms with Crippen LogP contribution in [0.4, 0.5) is 0 Å². The second-order valence-corrected chi connectivity index (χ2v) is 5.97. The molecule has 3 aromatic rings. The summed E-state index contributed by atoms with van der Waals surface area (Å²) in [5, 5.41) is 10.7. The van der Waals surface area contributed by atoms with E-state index in [1.165, 1.54) is 7.11 Å². The highest BCUT2D eigenvalue weighted by Crippen LogP contribution is 2.34. The zero-order valence-electron chi connectivity index (χ0n) is 13.6. The molecule has 1 heterocycles. The second-order valence-electron chi connectivity index (χ2n) is 5.70. The van der Waals surface area contributed by atoms with Crippen molar-refractivity contribution in [1.29, 1.82) is 0 Å². The van der Waals surface area contributed by atoms with Gasteiger partial charge in [-0.1, -0.05) is 12.1 Å². The van der Waals surface area contributed by atoms with Gasteiger partial charge in [0.15, 0.2) is 5.76 Å². The summed E-state index contributed by atoms with van der Waals surface area (Å²) in [5.74, 6) is 0.585. The fourth-order valence-corrected chi connectivity index (χ4v) is 2.85. The normalized spacial score (nSPS) is 11.0. The molecule has 0 fully saturated rings. The van der Waals surface area contributed by atoms with E-state index in [1.807, 2.05) is 13.8 Å². The summed E-state index contributed by atoms with van der Waals surface area (Å²) >= 11 is 5.87. The SMILES string of the molecule is COc1cc(-c2oc3cc(C)c(C)cc3c(=O)c2O)ccc1CCl. The Morgan fingerprint density at radius 3 is 2.54 bits per heavy atom. The van der Waals surface area contributed by atoms with E-state index in [2.05, 4.69) is 0 Å². The van der Waals surface area contributed by atoms with Crippen LogP contribution in [0, 0.1) is 13.8 Å². The zero-order chi connectivity index (χ0) is 17.4. The highest BCUT2D eigenvalue weighted by atomic mass is 35.5. The number of methoxy groups -OCH3 is 1. The van der Waals surface area contributed by atoms with Crippen molar-refractivity contribution in [2.24, 2.45) is 0 Å². The molecule has 0 aliphatic heterocycles. The number of ether oxygens (including phenoxy) is 1. The maximum Gasteiger partial charge on any atom is 0.235 e. The van der Waals surface area contributed by atoms with Crippen LogP contribution in [0.15, 0.2) is 39.5 Å². The molecule has 3 rings (SSSR count). The van der Waals surface area contributed by atoms with Crippen LogP contribution in [0.3, 0.4) is 0 Å². The molecule has 1 aromatic heterocycles. The van der Waals surface area contributed by atoms with Crippen LogP contribution in [0.1, 0.15) is 16.7 Å². The Bertz CT molecular complexity index is 989. The summed E-state index contributed by atoms with van der Waals surface area (Å²) in [7, 11) is 1.54. The van der Waals surface area contributed by atoms with Crippen LogP contribution in [0.2, 0.25) is 0 Å². The van der Waals surface area contributed by atoms with Gasteiger partial charge in [0.1, 0.15) is 11.3 Å². The van der Waals surface area contributed by atoms with Gasteiger partial charge in [-0.25, -0.2) is 0 Å². The number of rotatable bonds is 3. The van der Waals surface area contributed by atoms with Crippen molar-refractivity contribution >= 4 is 22.6 Å². The van der Waals surface area contributed by atoms with Gasteiger partial charge in [0.05, 0.1) is 18.4 Å².